The lowest BCUT2D eigenvalue weighted by Gasteiger charge is -2.15. The summed E-state index contributed by atoms with van der Waals surface area (Å²) < 4.78 is 13.5. The van der Waals surface area contributed by atoms with Crippen molar-refractivity contribution < 1.29 is 18.8 Å². The molecule has 1 saturated heterocycles. The van der Waals surface area contributed by atoms with Gasteiger partial charge in [-0.25, -0.2) is 4.39 Å². The van der Waals surface area contributed by atoms with Crippen LogP contribution in [0.15, 0.2) is 42.5 Å². The van der Waals surface area contributed by atoms with E-state index in [9.17, 15) is 18.8 Å². The Morgan fingerprint density at radius 1 is 1.00 bits per heavy atom. The SMILES string of the molecule is Cc1ccc(C(=O)NCCNC(=O)c2ccc(CN3CCCC3=O)cc2)cc1F. The number of rotatable bonds is 7. The van der Waals surface area contributed by atoms with E-state index in [0.29, 0.717) is 24.1 Å². The van der Waals surface area contributed by atoms with Gasteiger partial charge in [-0.1, -0.05) is 18.2 Å². The molecule has 3 rings (SSSR count). The summed E-state index contributed by atoms with van der Waals surface area (Å²) in [4.78, 5) is 37.7. The van der Waals surface area contributed by atoms with Crippen LogP contribution in [-0.4, -0.2) is 42.3 Å². The fourth-order valence-corrected chi connectivity index (χ4v) is 3.14. The minimum Gasteiger partial charge on any atom is -0.350 e. The van der Waals surface area contributed by atoms with Gasteiger partial charge in [0.2, 0.25) is 5.91 Å². The summed E-state index contributed by atoms with van der Waals surface area (Å²) in [6, 6.07) is 11.4. The molecule has 0 atom stereocenters. The molecule has 6 nitrogen and oxygen atoms in total. The van der Waals surface area contributed by atoms with Gasteiger partial charge < -0.3 is 15.5 Å². The van der Waals surface area contributed by atoms with Crippen LogP contribution in [0.1, 0.15) is 44.7 Å². The molecule has 1 heterocycles. The molecule has 0 saturated carbocycles. The van der Waals surface area contributed by atoms with Crippen molar-refractivity contribution in [3.8, 4) is 0 Å². The highest BCUT2D eigenvalue weighted by Gasteiger charge is 2.20. The molecule has 2 aromatic rings. The van der Waals surface area contributed by atoms with E-state index in [2.05, 4.69) is 10.6 Å². The Labute approximate surface area is 169 Å². The van der Waals surface area contributed by atoms with Crippen molar-refractivity contribution in [3.63, 3.8) is 0 Å². The molecule has 2 aromatic carbocycles. The van der Waals surface area contributed by atoms with Crippen LogP contribution in [0.4, 0.5) is 4.39 Å². The van der Waals surface area contributed by atoms with E-state index in [0.717, 1.165) is 18.5 Å². The average Bonchev–Trinajstić information content (AvgIpc) is 3.12. The average molecular weight is 397 g/mol. The first kappa shape index (κ1) is 20.5. The van der Waals surface area contributed by atoms with Crippen LogP contribution in [0.3, 0.4) is 0 Å². The molecule has 2 N–H and O–H groups in total. The van der Waals surface area contributed by atoms with E-state index in [1.807, 2.05) is 17.0 Å². The van der Waals surface area contributed by atoms with E-state index in [1.54, 1.807) is 31.2 Å². The smallest absolute Gasteiger partial charge is 0.251 e. The highest BCUT2D eigenvalue weighted by Crippen LogP contribution is 2.15. The molecular formula is C22H24FN3O3. The van der Waals surface area contributed by atoms with Gasteiger partial charge >= 0.3 is 0 Å². The highest BCUT2D eigenvalue weighted by molar-refractivity contribution is 5.95. The van der Waals surface area contributed by atoms with Crippen molar-refractivity contribution in [2.45, 2.75) is 26.3 Å². The molecule has 3 amide bonds. The van der Waals surface area contributed by atoms with Crippen molar-refractivity contribution in [2.75, 3.05) is 19.6 Å². The number of nitrogens with zero attached hydrogens (tertiary/aromatic N) is 1. The summed E-state index contributed by atoms with van der Waals surface area (Å²) in [5.74, 6) is -0.894. The van der Waals surface area contributed by atoms with Gasteiger partial charge in [-0.15, -0.1) is 0 Å². The van der Waals surface area contributed by atoms with Gasteiger partial charge in [0.05, 0.1) is 0 Å². The monoisotopic (exact) mass is 397 g/mol. The van der Waals surface area contributed by atoms with E-state index >= 15 is 0 Å². The lowest BCUT2D eigenvalue weighted by Crippen LogP contribution is -2.34. The zero-order valence-corrected chi connectivity index (χ0v) is 16.3. The first-order valence-corrected chi connectivity index (χ1v) is 9.63. The maximum Gasteiger partial charge on any atom is 0.251 e. The predicted molar refractivity (Wildman–Crippen MR) is 107 cm³/mol. The van der Waals surface area contributed by atoms with Crippen LogP contribution >= 0.6 is 0 Å². The fraction of sp³-hybridized carbons (Fsp3) is 0.318. The summed E-state index contributed by atoms with van der Waals surface area (Å²) >= 11 is 0. The number of benzene rings is 2. The van der Waals surface area contributed by atoms with Crippen LogP contribution < -0.4 is 10.6 Å². The van der Waals surface area contributed by atoms with Gasteiger partial charge in [0.15, 0.2) is 0 Å². The lowest BCUT2D eigenvalue weighted by molar-refractivity contribution is -0.128. The Morgan fingerprint density at radius 2 is 1.62 bits per heavy atom. The summed E-state index contributed by atoms with van der Waals surface area (Å²) in [5, 5.41) is 5.38. The maximum atomic E-state index is 13.5. The molecule has 1 aliphatic heterocycles. The van der Waals surface area contributed by atoms with Crippen molar-refractivity contribution in [3.05, 3.63) is 70.5 Å². The number of carbonyl (C=O) groups is 3. The molecule has 152 valence electrons. The Bertz CT molecular complexity index is 912. The van der Waals surface area contributed by atoms with Gasteiger partial charge in [-0.3, -0.25) is 14.4 Å². The summed E-state index contributed by atoms with van der Waals surface area (Å²) in [7, 11) is 0. The Hall–Kier alpha value is -3.22. The van der Waals surface area contributed by atoms with Crippen LogP contribution in [0, 0.1) is 12.7 Å². The highest BCUT2D eigenvalue weighted by atomic mass is 19.1. The Balaban J connectivity index is 1.42. The summed E-state index contributed by atoms with van der Waals surface area (Å²) in [6.45, 7) is 3.46. The van der Waals surface area contributed by atoms with Crippen LogP contribution in [0.5, 0.6) is 0 Å². The molecule has 0 unspecified atom stereocenters. The molecular weight excluding hydrogens is 373 g/mol. The number of hydrogen-bond donors (Lipinski definition) is 2. The maximum absolute atomic E-state index is 13.5. The largest absolute Gasteiger partial charge is 0.350 e. The van der Waals surface area contributed by atoms with Gasteiger partial charge in [-0.2, -0.15) is 0 Å². The van der Waals surface area contributed by atoms with E-state index < -0.39 is 5.82 Å². The molecule has 1 aliphatic rings. The normalized spacial score (nSPS) is 13.4. The number of likely N-dealkylation sites (tertiary alicyclic amines) is 1. The quantitative estimate of drug-likeness (QED) is 0.705. The lowest BCUT2D eigenvalue weighted by atomic mass is 10.1. The number of halogens is 1. The second-order valence-electron chi connectivity index (χ2n) is 7.09. The molecule has 0 aliphatic carbocycles. The molecule has 7 heteroatoms. The molecule has 0 radical (unpaired) electrons. The van der Waals surface area contributed by atoms with Gasteiger partial charge in [0, 0.05) is 43.7 Å². The third kappa shape index (κ3) is 5.40. The van der Waals surface area contributed by atoms with Crippen molar-refractivity contribution in [1.82, 2.24) is 15.5 Å². The molecule has 1 fully saturated rings. The van der Waals surface area contributed by atoms with E-state index in [-0.39, 0.29) is 36.4 Å². The summed E-state index contributed by atoms with van der Waals surface area (Å²) in [5.41, 5.74) is 2.21. The minimum absolute atomic E-state index is 0.169. The van der Waals surface area contributed by atoms with Crippen LogP contribution in [0.2, 0.25) is 0 Å². The van der Waals surface area contributed by atoms with Crippen molar-refractivity contribution in [2.24, 2.45) is 0 Å². The molecule has 29 heavy (non-hydrogen) atoms. The molecule has 0 spiro atoms. The number of aryl methyl sites for hydroxylation is 1. The third-order valence-corrected chi connectivity index (χ3v) is 4.89. The Morgan fingerprint density at radius 3 is 2.21 bits per heavy atom. The number of hydrogen-bond acceptors (Lipinski definition) is 3. The molecule has 0 bridgehead atoms. The number of amides is 3. The van der Waals surface area contributed by atoms with E-state index in [4.69, 9.17) is 0 Å². The molecule has 0 aromatic heterocycles. The minimum atomic E-state index is -0.427. The topological polar surface area (TPSA) is 78.5 Å². The van der Waals surface area contributed by atoms with E-state index in [1.165, 1.54) is 6.07 Å². The van der Waals surface area contributed by atoms with Crippen LogP contribution in [0.25, 0.3) is 0 Å². The first-order valence-electron chi connectivity index (χ1n) is 9.63. The zero-order valence-electron chi connectivity index (χ0n) is 16.3. The second kappa shape index (κ2) is 9.32. The first-order chi connectivity index (χ1) is 13.9. The van der Waals surface area contributed by atoms with Crippen molar-refractivity contribution >= 4 is 17.7 Å². The number of carbonyl (C=O) groups excluding carboxylic acids is 3. The van der Waals surface area contributed by atoms with Gasteiger partial charge in [0.25, 0.3) is 11.8 Å². The second-order valence-corrected chi connectivity index (χ2v) is 7.09. The zero-order chi connectivity index (χ0) is 20.8. The van der Waals surface area contributed by atoms with Crippen molar-refractivity contribution in [1.29, 1.82) is 0 Å². The Kier molecular flexibility index (Phi) is 6.59. The van der Waals surface area contributed by atoms with Gasteiger partial charge in [0.1, 0.15) is 5.82 Å². The van der Waals surface area contributed by atoms with Gasteiger partial charge in [-0.05, 0) is 48.7 Å². The summed E-state index contributed by atoms with van der Waals surface area (Å²) in [6.07, 6.45) is 1.50. The number of nitrogens with one attached hydrogen (secondary N) is 2. The standard InChI is InChI=1S/C22H24FN3O3/c1-15-4-7-18(13-19(15)23)22(29)25-11-10-24-21(28)17-8-5-16(6-9-17)14-26-12-2-3-20(26)27/h4-9,13H,2-3,10-12,14H2,1H3,(H,24,28)(H,25,29). The predicted octanol–water partition coefficient (Wildman–Crippen LogP) is 2.42. The van der Waals surface area contributed by atoms with Crippen LogP contribution in [-0.2, 0) is 11.3 Å². The third-order valence-electron chi connectivity index (χ3n) is 4.89. The fourth-order valence-electron chi connectivity index (χ4n) is 3.14.